The second-order valence-electron chi connectivity index (χ2n) is 8.53. The lowest BCUT2D eigenvalue weighted by Crippen LogP contribution is -2.10. The molecule has 0 saturated heterocycles. The van der Waals surface area contributed by atoms with Gasteiger partial charge in [0.15, 0.2) is 0 Å². The summed E-state index contributed by atoms with van der Waals surface area (Å²) >= 11 is 0. The third-order valence-corrected chi connectivity index (χ3v) is 5.81. The van der Waals surface area contributed by atoms with Gasteiger partial charge in [-0.15, -0.1) is 0 Å². The minimum absolute atomic E-state index is 0.509. The fourth-order valence-electron chi connectivity index (χ4n) is 3.91. The Morgan fingerprint density at radius 3 is 1.61 bits per heavy atom. The first kappa shape index (κ1) is 22.7. The molecule has 33 heavy (non-hydrogen) atoms. The SMILES string of the molecule is CCCc1cc(-c2ccc(C)cc2)ccc1OCCOc1ccc(-c2ccc(C)cc2)cc1. The van der Waals surface area contributed by atoms with E-state index in [1.54, 1.807) is 0 Å². The molecule has 0 radical (unpaired) electrons. The van der Waals surface area contributed by atoms with E-state index in [-0.39, 0.29) is 0 Å². The Morgan fingerprint density at radius 2 is 1.03 bits per heavy atom. The van der Waals surface area contributed by atoms with E-state index >= 15 is 0 Å². The average Bonchev–Trinajstić information content (AvgIpc) is 2.84. The van der Waals surface area contributed by atoms with Gasteiger partial charge in [0.1, 0.15) is 24.7 Å². The van der Waals surface area contributed by atoms with Crippen molar-refractivity contribution < 1.29 is 9.47 Å². The van der Waals surface area contributed by atoms with Crippen LogP contribution < -0.4 is 9.47 Å². The van der Waals surface area contributed by atoms with E-state index in [2.05, 4.69) is 99.6 Å². The lowest BCUT2D eigenvalue weighted by atomic mass is 9.99. The summed E-state index contributed by atoms with van der Waals surface area (Å²) in [6.07, 6.45) is 2.08. The fourth-order valence-corrected chi connectivity index (χ4v) is 3.91. The zero-order chi connectivity index (χ0) is 23.0. The van der Waals surface area contributed by atoms with E-state index in [4.69, 9.17) is 9.47 Å². The van der Waals surface area contributed by atoms with Crippen LogP contribution in [0.4, 0.5) is 0 Å². The molecule has 4 aromatic carbocycles. The summed E-state index contributed by atoms with van der Waals surface area (Å²) in [7, 11) is 0. The van der Waals surface area contributed by atoms with Crippen LogP contribution in [0, 0.1) is 13.8 Å². The summed E-state index contributed by atoms with van der Waals surface area (Å²) in [5.74, 6) is 1.81. The van der Waals surface area contributed by atoms with Crippen LogP contribution in [-0.2, 0) is 6.42 Å². The second kappa shape index (κ2) is 10.9. The molecule has 0 aromatic heterocycles. The van der Waals surface area contributed by atoms with Gasteiger partial charge < -0.3 is 9.47 Å². The lowest BCUT2D eigenvalue weighted by molar-refractivity contribution is 0.216. The summed E-state index contributed by atoms with van der Waals surface area (Å²) < 4.78 is 12.0. The molecule has 0 aliphatic heterocycles. The molecule has 168 valence electrons. The third kappa shape index (κ3) is 6.04. The maximum atomic E-state index is 6.10. The zero-order valence-corrected chi connectivity index (χ0v) is 19.8. The lowest BCUT2D eigenvalue weighted by Gasteiger charge is -2.14. The quantitative estimate of drug-likeness (QED) is 0.247. The number of benzene rings is 4. The van der Waals surface area contributed by atoms with E-state index in [0.29, 0.717) is 13.2 Å². The van der Waals surface area contributed by atoms with Crippen LogP contribution in [0.5, 0.6) is 11.5 Å². The van der Waals surface area contributed by atoms with E-state index in [9.17, 15) is 0 Å². The normalized spacial score (nSPS) is 10.8. The van der Waals surface area contributed by atoms with Crippen LogP contribution in [-0.4, -0.2) is 13.2 Å². The number of hydrogen-bond acceptors (Lipinski definition) is 2. The van der Waals surface area contributed by atoms with Crippen LogP contribution in [0.15, 0.2) is 91.0 Å². The minimum atomic E-state index is 0.509. The third-order valence-electron chi connectivity index (χ3n) is 5.81. The molecule has 4 rings (SSSR count). The van der Waals surface area contributed by atoms with E-state index in [1.165, 1.54) is 38.9 Å². The van der Waals surface area contributed by atoms with Crippen molar-refractivity contribution in [2.24, 2.45) is 0 Å². The molecule has 0 atom stereocenters. The van der Waals surface area contributed by atoms with Gasteiger partial charge in [-0.05, 0) is 72.4 Å². The first-order valence-corrected chi connectivity index (χ1v) is 11.7. The van der Waals surface area contributed by atoms with Crippen molar-refractivity contribution in [3.8, 4) is 33.8 Å². The highest BCUT2D eigenvalue weighted by Gasteiger charge is 2.07. The monoisotopic (exact) mass is 436 g/mol. The van der Waals surface area contributed by atoms with Gasteiger partial charge in [-0.3, -0.25) is 0 Å². The highest BCUT2D eigenvalue weighted by atomic mass is 16.5. The first-order chi connectivity index (χ1) is 16.1. The van der Waals surface area contributed by atoms with Gasteiger partial charge in [0.25, 0.3) is 0 Å². The highest BCUT2D eigenvalue weighted by molar-refractivity contribution is 5.66. The molecule has 0 bridgehead atoms. The number of ether oxygens (including phenoxy) is 2. The fraction of sp³-hybridized carbons (Fsp3) is 0.226. The molecule has 0 heterocycles. The zero-order valence-electron chi connectivity index (χ0n) is 19.8. The van der Waals surface area contributed by atoms with Gasteiger partial charge in [-0.1, -0.05) is 91.2 Å². The molecule has 0 N–H and O–H groups in total. The van der Waals surface area contributed by atoms with Gasteiger partial charge >= 0.3 is 0 Å². The predicted molar refractivity (Wildman–Crippen MR) is 138 cm³/mol. The number of hydrogen-bond donors (Lipinski definition) is 0. The molecule has 2 nitrogen and oxygen atoms in total. The Bertz CT molecular complexity index is 1160. The summed E-state index contributed by atoms with van der Waals surface area (Å²) in [6.45, 7) is 7.44. The van der Waals surface area contributed by atoms with Gasteiger partial charge in [0.05, 0.1) is 0 Å². The Morgan fingerprint density at radius 1 is 0.545 bits per heavy atom. The Kier molecular flexibility index (Phi) is 7.47. The summed E-state index contributed by atoms with van der Waals surface area (Å²) in [5.41, 5.74) is 8.67. The van der Waals surface area contributed by atoms with Crippen LogP contribution >= 0.6 is 0 Å². The maximum Gasteiger partial charge on any atom is 0.122 e. The van der Waals surface area contributed by atoms with Crippen molar-refractivity contribution in [2.45, 2.75) is 33.6 Å². The molecule has 0 amide bonds. The molecule has 2 heteroatoms. The van der Waals surface area contributed by atoms with Gasteiger partial charge in [-0.2, -0.15) is 0 Å². The van der Waals surface area contributed by atoms with E-state index in [1.807, 2.05) is 12.1 Å². The summed E-state index contributed by atoms with van der Waals surface area (Å²) in [5, 5.41) is 0. The van der Waals surface area contributed by atoms with Crippen LogP contribution in [0.25, 0.3) is 22.3 Å². The van der Waals surface area contributed by atoms with Crippen LogP contribution in [0.3, 0.4) is 0 Å². The summed E-state index contributed by atoms with van der Waals surface area (Å²) in [6, 6.07) is 32.0. The van der Waals surface area contributed by atoms with Gasteiger partial charge in [0, 0.05) is 0 Å². The molecular weight excluding hydrogens is 404 g/mol. The predicted octanol–water partition coefficient (Wildman–Crippen LogP) is 8.05. The molecule has 4 aromatic rings. The Balaban J connectivity index is 1.34. The number of rotatable bonds is 9. The Labute approximate surface area is 197 Å². The van der Waals surface area contributed by atoms with Crippen molar-refractivity contribution in [2.75, 3.05) is 13.2 Å². The maximum absolute atomic E-state index is 6.10. The molecule has 0 aliphatic rings. The molecular formula is C31H32O2. The Hall–Kier alpha value is -3.52. The minimum Gasteiger partial charge on any atom is -0.490 e. The largest absolute Gasteiger partial charge is 0.490 e. The smallest absolute Gasteiger partial charge is 0.122 e. The van der Waals surface area contributed by atoms with Gasteiger partial charge in [0.2, 0.25) is 0 Å². The summed E-state index contributed by atoms with van der Waals surface area (Å²) in [4.78, 5) is 0. The van der Waals surface area contributed by atoms with Crippen molar-refractivity contribution in [1.82, 2.24) is 0 Å². The molecule has 0 spiro atoms. The van der Waals surface area contributed by atoms with E-state index in [0.717, 1.165) is 24.3 Å². The highest BCUT2D eigenvalue weighted by Crippen LogP contribution is 2.28. The van der Waals surface area contributed by atoms with Crippen molar-refractivity contribution >= 4 is 0 Å². The molecule has 0 aliphatic carbocycles. The van der Waals surface area contributed by atoms with Crippen molar-refractivity contribution in [3.05, 3.63) is 108 Å². The number of aryl methyl sites for hydroxylation is 3. The topological polar surface area (TPSA) is 18.5 Å². The average molecular weight is 437 g/mol. The van der Waals surface area contributed by atoms with Crippen LogP contribution in [0.1, 0.15) is 30.0 Å². The second-order valence-corrected chi connectivity index (χ2v) is 8.53. The van der Waals surface area contributed by atoms with Gasteiger partial charge in [-0.25, -0.2) is 0 Å². The van der Waals surface area contributed by atoms with Crippen molar-refractivity contribution in [1.29, 1.82) is 0 Å². The molecule has 0 saturated carbocycles. The molecule has 0 fully saturated rings. The van der Waals surface area contributed by atoms with E-state index < -0.39 is 0 Å². The van der Waals surface area contributed by atoms with Crippen LogP contribution in [0.2, 0.25) is 0 Å². The standard InChI is InChI=1S/C31H32O2/c1-4-5-29-22-28(27-12-8-24(3)9-13-27)16-19-31(29)33-21-20-32-30-17-14-26(15-18-30)25-10-6-23(2)7-11-25/h6-19,22H,4-5,20-21H2,1-3H3. The van der Waals surface area contributed by atoms with Crippen molar-refractivity contribution in [3.63, 3.8) is 0 Å². The first-order valence-electron chi connectivity index (χ1n) is 11.7. The molecule has 0 unspecified atom stereocenters.